The predicted molar refractivity (Wildman–Crippen MR) is 114 cm³/mol. The Labute approximate surface area is 184 Å². The Bertz CT molecular complexity index is 817. The van der Waals surface area contributed by atoms with Gasteiger partial charge in [0, 0.05) is 42.0 Å². The quantitative estimate of drug-likeness (QED) is 0.0608. The van der Waals surface area contributed by atoms with Gasteiger partial charge in [-0.3, -0.25) is 14.1 Å². The Morgan fingerprint density at radius 3 is 2.77 bits per heavy atom. The first-order chi connectivity index (χ1) is 14.7. The number of nitrogens with one attached hydrogen (secondary N) is 4. The van der Waals surface area contributed by atoms with Crippen LogP contribution in [0.1, 0.15) is 32.1 Å². The van der Waals surface area contributed by atoms with Crippen molar-refractivity contribution < 1.29 is 27.4 Å². The standard InChI is InChI=1S/C16H27N7O6S2/c17-23-20-7-3-6-18-15(25)12(31(27,28)29)8-19-13(24)5-2-1-4-11-14-10(9-30-11)21-16(26)22-14/h10-12,14H,1-9H2,(H,18,25)(H,19,24)(H2,21,22,26)(H,27,28,29)/t10-,11-,12?,14-/m0/s1. The first-order valence-corrected chi connectivity index (χ1v) is 12.5. The normalized spacial score (nSPS) is 23.1. The van der Waals surface area contributed by atoms with Gasteiger partial charge >= 0.3 is 6.03 Å². The molecule has 2 aliphatic rings. The van der Waals surface area contributed by atoms with E-state index in [-0.39, 0.29) is 37.6 Å². The van der Waals surface area contributed by atoms with Crippen LogP contribution in [0.5, 0.6) is 0 Å². The van der Waals surface area contributed by atoms with Crippen LogP contribution in [0, 0.1) is 0 Å². The summed E-state index contributed by atoms with van der Waals surface area (Å²) in [5.41, 5.74) is 8.17. The molecular weight excluding hydrogens is 450 g/mol. The molecule has 2 rings (SSSR count). The van der Waals surface area contributed by atoms with E-state index < -0.39 is 33.7 Å². The lowest BCUT2D eigenvalue weighted by Crippen LogP contribution is -2.47. The van der Waals surface area contributed by atoms with Gasteiger partial charge in [0.1, 0.15) is 0 Å². The summed E-state index contributed by atoms with van der Waals surface area (Å²) in [6.45, 7) is -0.345. The molecule has 2 heterocycles. The van der Waals surface area contributed by atoms with Crippen molar-refractivity contribution in [3.63, 3.8) is 0 Å². The van der Waals surface area contributed by atoms with Crippen LogP contribution >= 0.6 is 11.8 Å². The molecule has 13 nitrogen and oxygen atoms in total. The van der Waals surface area contributed by atoms with E-state index in [1.54, 1.807) is 11.8 Å². The van der Waals surface area contributed by atoms with Gasteiger partial charge in [0.05, 0.1) is 12.1 Å². The van der Waals surface area contributed by atoms with E-state index in [9.17, 15) is 27.4 Å². The van der Waals surface area contributed by atoms with Crippen LogP contribution < -0.4 is 21.3 Å². The van der Waals surface area contributed by atoms with E-state index in [2.05, 4.69) is 31.3 Å². The number of thioether (sulfide) groups is 1. The second kappa shape index (κ2) is 12.0. The number of nitrogens with zero attached hydrogens (tertiary/aromatic N) is 3. The molecule has 2 saturated heterocycles. The summed E-state index contributed by atoms with van der Waals surface area (Å²) in [4.78, 5) is 38.0. The van der Waals surface area contributed by atoms with Crippen LogP contribution in [0.15, 0.2) is 5.11 Å². The van der Waals surface area contributed by atoms with Gasteiger partial charge in [-0.15, -0.1) is 0 Å². The lowest BCUT2D eigenvalue weighted by Gasteiger charge is -2.16. The number of carbonyl (C=O) groups is 3. The van der Waals surface area contributed by atoms with Crippen molar-refractivity contribution in [2.45, 2.75) is 54.7 Å². The SMILES string of the molecule is [N-]=[N+]=NCCCNC(=O)C(CNC(=O)CCCC[C@@H]1SC[C@@H]2NC(=O)N[C@@H]21)S(=O)(=O)O. The zero-order valence-electron chi connectivity index (χ0n) is 16.8. The van der Waals surface area contributed by atoms with E-state index in [0.29, 0.717) is 18.1 Å². The van der Waals surface area contributed by atoms with Crippen molar-refractivity contribution in [2.24, 2.45) is 5.11 Å². The molecule has 174 valence electrons. The van der Waals surface area contributed by atoms with Crippen molar-refractivity contribution in [2.75, 3.05) is 25.4 Å². The van der Waals surface area contributed by atoms with Gasteiger partial charge in [-0.05, 0) is 24.8 Å². The summed E-state index contributed by atoms with van der Waals surface area (Å²) in [5, 5.41) is 12.2. The van der Waals surface area contributed by atoms with Gasteiger partial charge in [-0.1, -0.05) is 11.5 Å². The molecule has 2 aliphatic heterocycles. The highest BCUT2D eigenvalue weighted by atomic mass is 32.2. The fourth-order valence-electron chi connectivity index (χ4n) is 3.42. The van der Waals surface area contributed by atoms with Crippen LogP contribution in [0.25, 0.3) is 10.4 Å². The van der Waals surface area contributed by atoms with Crippen molar-refractivity contribution in [1.29, 1.82) is 0 Å². The molecule has 4 amide bonds. The molecule has 5 N–H and O–H groups in total. The summed E-state index contributed by atoms with van der Waals surface area (Å²) in [6.07, 6.45) is 2.64. The van der Waals surface area contributed by atoms with E-state index >= 15 is 0 Å². The number of unbranched alkanes of at least 4 members (excludes halogenated alkanes) is 1. The summed E-state index contributed by atoms with van der Waals surface area (Å²) in [5.74, 6) is -0.500. The highest BCUT2D eigenvalue weighted by Gasteiger charge is 2.42. The molecule has 31 heavy (non-hydrogen) atoms. The van der Waals surface area contributed by atoms with Crippen molar-refractivity contribution >= 4 is 39.7 Å². The van der Waals surface area contributed by atoms with Crippen LogP contribution in [0.2, 0.25) is 0 Å². The third-order valence-electron chi connectivity index (χ3n) is 5.01. The second-order valence-corrected chi connectivity index (χ2v) is 10.1. The van der Waals surface area contributed by atoms with Crippen molar-refractivity contribution in [3.05, 3.63) is 10.4 Å². The highest BCUT2D eigenvalue weighted by Crippen LogP contribution is 2.33. The summed E-state index contributed by atoms with van der Waals surface area (Å²) >= 11 is 1.79. The summed E-state index contributed by atoms with van der Waals surface area (Å²) in [6, 6.07) is 0.105. The molecule has 4 atom stereocenters. The van der Waals surface area contributed by atoms with Gasteiger partial charge in [0.25, 0.3) is 10.1 Å². The molecule has 0 aliphatic carbocycles. The molecule has 0 saturated carbocycles. The van der Waals surface area contributed by atoms with Crippen LogP contribution in [0.4, 0.5) is 4.79 Å². The Hall–Kier alpha value is -2.22. The number of rotatable bonds is 13. The maximum absolute atomic E-state index is 12.0. The smallest absolute Gasteiger partial charge is 0.315 e. The maximum Gasteiger partial charge on any atom is 0.315 e. The monoisotopic (exact) mass is 477 g/mol. The minimum atomic E-state index is -4.71. The Balaban J connectivity index is 1.66. The van der Waals surface area contributed by atoms with Gasteiger partial charge in [0.2, 0.25) is 11.8 Å². The maximum atomic E-state index is 12.0. The number of azide groups is 1. The number of urea groups is 1. The number of hydrogen-bond acceptors (Lipinski definition) is 7. The Kier molecular flexibility index (Phi) is 9.68. The average molecular weight is 478 g/mol. The van der Waals surface area contributed by atoms with Crippen molar-refractivity contribution in [3.8, 4) is 0 Å². The van der Waals surface area contributed by atoms with Gasteiger partial charge in [0.15, 0.2) is 5.25 Å². The average Bonchev–Trinajstić information content (AvgIpc) is 3.23. The molecule has 0 aromatic heterocycles. The fraction of sp³-hybridized carbons (Fsp3) is 0.812. The summed E-state index contributed by atoms with van der Waals surface area (Å²) < 4.78 is 32.2. The van der Waals surface area contributed by atoms with Crippen LogP contribution in [0.3, 0.4) is 0 Å². The number of hydrogen-bond donors (Lipinski definition) is 5. The van der Waals surface area contributed by atoms with Crippen LogP contribution in [-0.2, 0) is 19.7 Å². The van der Waals surface area contributed by atoms with Gasteiger partial charge in [-0.2, -0.15) is 20.2 Å². The van der Waals surface area contributed by atoms with Gasteiger partial charge in [-0.25, -0.2) is 4.79 Å². The first-order valence-electron chi connectivity index (χ1n) is 9.92. The Morgan fingerprint density at radius 1 is 1.29 bits per heavy atom. The number of fused-ring (bicyclic) bond motifs is 1. The number of carbonyl (C=O) groups excluding carboxylic acids is 3. The van der Waals surface area contributed by atoms with E-state index in [4.69, 9.17) is 5.53 Å². The predicted octanol–water partition coefficient (Wildman–Crippen LogP) is -0.0986. The molecule has 15 heteroatoms. The zero-order valence-corrected chi connectivity index (χ0v) is 18.5. The fourth-order valence-corrected chi connectivity index (χ4v) is 5.61. The summed E-state index contributed by atoms with van der Waals surface area (Å²) in [7, 11) is -4.71. The Morgan fingerprint density at radius 2 is 2.06 bits per heavy atom. The first kappa shape index (κ1) is 25.0. The molecule has 2 fully saturated rings. The zero-order chi connectivity index (χ0) is 22.9. The third kappa shape index (κ3) is 8.09. The lowest BCUT2D eigenvalue weighted by molar-refractivity contribution is -0.122. The largest absolute Gasteiger partial charge is 0.355 e. The topological polar surface area (TPSA) is 202 Å². The third-order valence-corrected chi connectivity index (χ3v) is 7.62. The minimum absolute atomic E-state index is 0.0643. The molecule has 0 spiro atoms. The van der Waals surface area contributed by atoms with Gasteiger partial charge < -0.3 is 21.3 Å². The highest BCUT2D eigenvalue weighted by molar-refractivity contribution is 8.00. The molecular formula is C16H27N7O6S2. The van der Waals surface area contributed by atoms with Crippen molar-refractivity contribution in [1.82, 2.24) is 21.3 Å². The van der Waals surface area contributed by atoms with E-state index in [1.807, 2.05) is 0 Å². The minimum Gasteiger partial charge on any atom is -0.355 e. The second-order valence-electron chi connectivity index (χ2n) is 7.27. The van der Waals surface area contributed by atoms with E-state index in [0.717, 1.165) is 18.6 Å². The molecule has 0 radical (unpaired) electrons. The molecule has 0 bridgehead atoms. The molecule has 0 aromatic rings. The lowest BCUT2D eigenvalue weighted by atomic mass is 10.0. The number of amides is 4. The van der Waals surface area contributed by atoms with E-state index in [1.165, 1.54) is 0 Å². The van der Waals surface area contributed by atoms with Crippen LogP contribution in [-0.4, -0.2) is 78.8 Å². The molecule has 1 unspecified atom stereocenters. The molecule has 0 aromatic carbocycles.